The number of rotatable bonds is 3. The Hall–Kier alpha value is -1.76. The van der Waals surface area contributed by atoms with Crippen LogP contribution in [0, 0.1) is 0 Å². The van der Waals surface area contributed by atoms with Crippen molar-refractivity contribution >= 4 is 34.1 Å². The first-order valence-corrected chi connectivity index (χ1v) is 6.79. The van der Waals surface area contributed by atoms with Crippen molar-refractivity contribution in [2.24, 2.45) is 0 Å². The molecule has 1 aromatic heterocycles. The molecule has 1 amide bonds. The molecule has 1 aromatic rings. The number of carbonyl (C=O) groups excluding carboxylic acids is 2. The largest absolute Gasteiger partial charge is 0.465 e. The van der Waals surface area contributed by atoms with Crippen LogP contribution in [0.4, 0.5) is 15.5 Å². The highest BCUT2D eigenvalue weighted by Gasteiger charge is 2.22. The van der Waals surface area contributed by atoms with Crippen molar-refractivity contribution < 1.29 is 19.1 Å². The molecule has 0 aliphatic carbocycles. The lowest BCUT2D eigenvalue weighted by Crippen LogP contribution is -2.16. The van der Waals surface area contributed by atoms with E-state index in [1.165, 1.54) is 25.6 Å². The van der Waals surface area contributed by atoms with Crippen molar-refractivity contribution in [1.29, 1.82) is 0 Å². The highest BCUT2D eigenvalue weighted by atomic mass is 32.1. The maximum Gasteiger partial charge on any atom is 0.411 e. The standard InChI is InChI=1S/C12H16N2O4S/c1-17-11(15)10-8(13-12(16)18-2)7-9(19-10)14-5-3-4-6-14/h7H,3-6H2,1-2H3,(H,13,16). The summed E-state index contributed by atoms with van der Waals surface area (Å²) in [4.78, 5) is 25.6. The Bertz CT molecular complexity index is 480. The first-order chi connectivity index (χ1) is 9.15. The van der Waals surface area contributed by atoms with Crippen molar-refractivity contribution in [2.45, 2.75) is 12.8 Å². The van der Waals surface area contributed by atoms with Gasteiger partial charge in [0.2, 0.25) is 0 Å². The van der Waals surface area contributed by atoms with Gasteiger partial charge in [-0.15, -0.1) is 11.3 Å². The van der Waals surface area contributed by atoms with Gasteiger partial charge in [-0.3, -0.25) is 5.32 Å². The molecule has 6 nitrogen and oxygen atoms in total. The fourth-order valence-corrected chi connectivity index (χ4v) is 3.05. The summed E-state index contributed by atoms with van der Waals surface area (Å²) in [7, 11) is 2.60. The molecule has 0 spiro atoms. The Morgan fingerprint density at radius 2 is 1.95 bits per heavy atom. The predicted molar refractivity (Wildman–Crippen MR) is 73.1 cm³/mol. The third-order valence-electron chi connectivity index (χ3n) is 2.93. The minimum Gasteiger partial charge on any atom is -0.465 e. The lowest BCUT2D eigenvalue weighted by atomic mass is 10.3. The van der Waals surface area contributed by atoms with Crippen molar-refractivity contribution in [2.75, 3.05) is 37.5 Å². The van der Waals surface area contributed by atoms with Gasteiger partial charge in [0.1, 0.15) is 4.88 Å². The van der Waals surface area contributed by atoms with Crippen LogP contribution in [-0.4, -0.2) is 39.4 Å². The normalized spacial score (nSPS) is 14.3. The summed E-state index contributed by atoms with van der Waals surface area (Å²) in [6.45, 7) is 1.94. The molecule has 0 aromatic carbocycles. The zero-order valence-corrected chi connectivity index (χ0v) is 11.7. The number of carbonyl (C=O) groups is 2. The first kappa shape index (κ1) is 13.7. The maximum absolute atomic E-state index is 11.7. The number of hydrogen-bond acceptors (Lipinski definition) is 6. The Morgan fingerprint density at radius 1 is 1.26 bits per heavy atom. The lowest BCUT2D eigenvalue weighted by molar-refractivity contribution is 0.0607. The number of nitrogens with one attached hydrogen (secondary N) is 1. The van der Waals surface area contributed by atoms with Crippen molar-refractivity contribution in [1.82, 2.24) is 0 Å². The van der Waals surface area contributed by atoms with Gasteiger partial charge in [-0.05, 0) is 18.9 Å². The van der Waals surface area contributed by atoms with Gasteiger partial charge in [0, 0.05) is 13.1 Å². The summed E-state index contributed by atoms with van der Waals surface area (Å²) < 4.78 is 9.28. The fourth-order valence-electron chi connectivity index (χ4n) is 1.97. The monoisotopic (exact) mass is 284 g/mol. The van der Waals surface area contributed by atoms with Crippen molar-refractivity contribution in [3.63, 3.8) is 0 Å². The third-order valence-corrected chi connectivity index (χ3v) is 4.11. The van der Waals surface area contributed by atoms with Gasteiger partial charge in [-0.2, -0.15) is 0 Å². The molecule has 1 aliphatic rings. The zero-order chi connectivity index (χ0) is 13.8. The molecule has 2 rings (SSSR count). The van der Waals surface area contributed by atoms with Crippen molar-refractivity contribution in [3.05, 3.63) is 10.9 Å². The van der Waals surface area contributed by atoms with E-state index in [-0.39, 0.29) is 0 Å². The molecule has 0 atom stereocenters. The van der Waals surface area contributed by atoms with E-state index < -0.39 is 12.1 Å². The van der Waals surface area contributed by atoms with Gasteiger partial charge in [-0.25, -0.2) is 9.59 Å². The Balaban J connectivity index is 2.27. The molecule has 0 unspecified atom stereocenters. The molecule has 7 heteroatoms. The molecule has 0 radical (unpaired) electrons. The smallest absolute Gasteiger partial charge is 0.411 e. The predicted octanol–water partition coefficient (Wildman–Crippen LogP) is 2.31. The number of ether oxygens (including phenoxy) is 2. The van der Waals surface area contributed by atoms with E-state index in [2.05, 4.69) is 15.0 Å². The topological polar surface area (TPSA) is 67.9 Å². The highest BCUT2D eigenvalue weighted by Crippen LogP contribution is 2.36. The van der Waals surface area contributed by atoms with E-state index in [1.54, 1.807) is 6.07 Å². The second kappa shape index (κ2) is 5.92. The minimum atomic E-state index is -0.601. The SMILES string of the molecule is COC(=O)Nc1cc(N2CCCC2)sc1C(=O)OC. The molecule has 0 saturated carbocycles. The quantitative estimate of drug-likeness (QED) is 0.863. The van der Waals surface area contributed by atoms with Crippen LogP contribution < -0.4 is 10.2 Å². The summed E-state index contributed by atoms with van der Waals surface area (Å²) in [5, 5.41) is 3.50. The summed E-state index contributed by atoms with van der Waals surface area (Å²) >= 11 is 1.32. The van der Waals surface area contributed by atoms with Crippen molar-refractivity contribution in [3.8, 4) is 0 Å². The highest BCUT2D eigenvalue weighted by molar-refractivity contribution is 7.18. The van der Waals surface area contributed by atoms with E-state index in [9.17, 15) is 9.59 Å². The number of thiophene rings is 1. The summed E-state index contributed by atoms with van der Waals surface area (Å²) in [5.41, 5.74) is 0.436. The Labute approximate surface area is 115 Å². The van der Waals surface area contributed by atoms with Crippen LogP contribution in [0.15, 0.2) is 6.07 Å². The minimum absolute atomic E-state index is 0.384. The van der Waals surface area contributed by atoms with Gasteiger partial charge >= 0.3 is 12.1 Å². The molecular weight excluding hydrogens is 268 g/mol. The van der Waals surface area contributed by atoms with E-state index in [4.69, 9.17) is 4.74 Å². The summed E-state index contributed by atoms with van der Waals surface area (Å²) in [6.07, 6.45) is 1.69. The van der Waals surface area contributed by atoms with E-state index in [0.717, 1.165) is 30.9 Å². The maximum atomic E-state index is 11.7. The van der Waals surface area contributed by atoms with Gasteiger partial charge in [0.25, 0.3) is 0 Å². The Kier molecular flexibility index (Phi) is 4.26. The van der Waals surface area contributed by atoms with Crippen LogP contribution in [0.2, 0.25) is 0 Å². The number of anilines is 2. The van der Waals surface area contributed by atoms with Gasteiger partial charge in [0.05, 0.1) is 24.9 Å². The van der Waals surface area contributed by atoms with Crippen LogP contribution >= 0.6 is 11.3 Å². The first-order valence-electron chi connectivity index (χ1n) is 5.97. The van der Waals surface area contributed by atoms with Crippen LogP contribution in [-0.2, 0) is 9.47 Å². The van der Waals surface area contributed by atoms with Gasteiger partial charge < -0.3 is 14.4 Å². The fraction of sp³-hybridized carbons (Fsp3) is 0.500. The second-order valence-corrected chi connectivity index (χ2v) is 5.16. The lowest BCUT2D eigenvalue weighted by Gasteiger charge is -2.13. The van der Waals surface area contributed by atoms with Gasteiger partial charge in [-0.1, -0.05) is 0 Å². The van der Waals surface area contributed by atoms with Crippen LogP contribution in [0.5, 0.6) is 0 Å². The molecule has 1 N–H and O–H groups in total. The second-order valence-electron chi connectivity index (χ2n) is 4.13. The number of esters is 1. The number of methoxy groups -OCH3 is 2. The summed E-state index contributed by atoms with van der Waals surface area (Å²) in [6, 6.07) is 1.79. The molecule has 1 fully saturated rings. The molecule has 104 valence electrons. The van der Waals surface area contributed by atoms with E-state index in [0.29, 0.717) is 10.6 Å². The summed E-state index contributed by atoms with van der Waals surface area (Å²) in [5.74, 6) is -0.457. The molecule has 1 aliphatic heterocycles. The van der Waals surface area contributed by atoms with E-state index in [1.807, 2.05) is 0 Å². The van der Waals surface area contributed by atoms with Gasteiger partial charge in [0.15, 0.2) is 0 Å². The van der Waals surface area contributed by atoms with E-state index >= 15 is 0 Å². The number of hydrogen-bond donors (Lipinski definition) is 1. The molecule has 2 heterocycles. The number of amides is 1. The molecular formula is C12H16N2O4S. The van der Waals surface area contributed by atoms with Crippen LogP contribution in [0.25, 0.3) is 0 Å². The molecule has 19 heavy (non-hydrogen) atoms. The Morgan fingerprint density at radius 3 is 2.53 bits per heavy atom. The van der Waals surface area contributed by atoms with Crippen LogP contribution in [0.3, 0.4) is 0 Å². The third kappa shape index (κ3) is 2.98. The molecule has 1 saturated heterocycles. The molecule has 0 bridgehead atoms. The average Bonchev–Trinajstić information content (AvgIpc) is 3.06. The zero-order valence-electron chi connectivity index (χ0n) is 10.9. The number of nitrogens with zero attached hydrogens (tertiary/aromatic N) is 1. The average molecular weight is 284 g/mol. The van der Waals surface area contributed by atoms with Crippen LogP contribution in [0.1, 0.15) is 22.5 Å².